The Labute approximate surface area is 124 Å². The fourth-order valence-corrected chi connectivity index (χ4v) is 2.22. The summed E-state index contributed by atoms with van der Waals surface area (Å²) < 4.78 is 10.8. The Morgan fingerprint density at radius 2 is 2.05 bits per heavy atom. The third-order valence-corrected chi connectivity index (χ3v) is 3.38. The van der Waals surface area contributed by atoms with Crippen LogP contribution in [0.25, 0.3) is 0 Å². The zero-order valence-electron chi connectivity index (χ0n) is 10.8. The number of rotatable bonds is 6. The normalized spacial score (nSPS) is 11.7. The summed E-state index contributed by atoms with van der Waals surface area (Å²) in [6, 6.07) is 3.60. The van der Waals surface area contributed by atoms with Crippen LogP contribution >= 0.6 is 11.6 Å². The summed E-state index contributed by atoms with van der Waals surface area (Å²) in [5.41, 5.74) is 0.292. The van der Waals surface area contributed by atoms with Crippen molar-refractivity contribution in [1.29, 1.82) is 0 Å². The van der Waals surface area contributed by atoms with Crippen molar-refractivity contribution in [3.63, 3.8) is 0 Å². The summed E-state index contributed by atoms with van der Waals surface area (Å²) >= 11 is 5.77. The largest absolute Gasteiger partial charge is 0.478 e. The summed E-state index contributed by atoms with van der Waals surface area (Å²) in [6.07, 6.45) is 2.20. The molecule has 1 aromatic rings. The molecule has 0 spiro atoms. The molecule has 8 heteroatoms. The van der Waals surface area contributed by atoms with Gasteiger partial charge in [0.15, 0.2) is 0 Å². The van der Waals surface area contributed by atoms with Crippen molar-refractivity contribution in [2.24, 2.45) is 0 Å². The number of aromatic carboxylic acids is 1. The fraction of sp³-hybridized carbons (Fsp3) is 0.333. The zero-order chi connectivity index (χ0) is 15.1. The number of benzene rings is 1. The molecular formula is C12H15ClN2O4S. The molecule has 0 aromatic heterocycles. The van der Waals surface area contributed by atoms with Gasteiger partial charge in [0.2, 0.25) is 0 Å². The minimum absolute atomic E-state index is 0.00539. The van der Waals surface area contributed by atoms with Crippen molar-refractivity contribution in [2.75, 3.05) is 23.9 Å². The molecule has 110 valence electrons. The van der Waals surface area contributed by atoms with Gasteiger partial charge in [0.25, 0.3) is 0 Å². The van der Waals surface area contributed by atoms with E-state index in [1.807, 2.05) is 0 Å². The van der Waals surface area contributed by atoms with E-state index in [0.29, 0.717) is 24.4 Å². The van der Waals surface area contributed by atoms with Crippen LogP contribution in [0.5, 0.6) is 0 Å². The number of carbonyl (C=O) groups is 2. The van der Waals surface area contributed by atoms with Crippen molar-refractivity contribution < 1.29 is 18.9 Å². The van der Waals surface area contributed by atoms with Crippen LogP contribution in [0.3, 0.4) is 0 Å². The van der Waals surface area contributed by atoms with E-state index in [-0.39, 0.29) is 10.6 Å². The van der Waals surface area contributed by atoms with Crippen LogP contribution in [0.15, 0.2) is 18.2 Å². The lowest BCUT2D eigenvalue weighted by molar-refractivity contribution is 0.0697. The first-order valence-electron chi connectivity index (χ1n) is 5.77. The van der Waals surface area contributed by atoms with Crippen molar-refractivity contribution in [3.05, 3.63) is 28.8 Å². The molecule has 0 aliphatic heterocycles. The Kier molecular flexibility index (Phi) is 6.47. The van der Waals surface area contributed by atoms with Crippen molar-refractivity contribution >= 4 is 40.1 Å². The zero-order valence-corrected chi connectivity index (χ0v) is 12.4. The first-order chi connectivity index (χ1) is 9.38. The van der Waals surface area contributed by atoms with E-state index in [0.717, 1.165) is 0 Å². The van der Waals surface area contributed by atoms with Crippen LogP contribution in [-0.2, 0) is 10.8 Å². The number of carbonyl (C=O) groups excluding carboxylic acids is 1. The second-order valence-corrected chi connectivity index (χ2v) is 6.04. The summed E-state index contributed by atoms with van der Waals surface area (Å²) in [6.45, 7) is 0.387. The lowest BCUT2D eigenvalue weighted by Gasteiger charge is -2.08. The maximum absolute atomic E-state index is 11.6. The Hall–Kier alpha value is -1.60. The topological polar surface area (TPSA) is 95.5 Å². The van der Waals surface area contributed by atoms with Crippen molar-refractivity contribution in [3.8, 4) is 0 Å². The molecule has 0 saturated heterocycles. The number of amides is 2. The minimum Gasteiger partial charge on any atom is -0.478 e. The van der Waals surface area contributed by atoms with E-state index in [1.54, 1.807) is 6.26 Å². The molecule has 1 aromatic carbocycles. The smallest absolute Gasteiger partial charge is 0.335 e. The highest BCUT2D eigenvalue weighted by Gasteiger charge is 2.08. The van der Waals surface area contributed by atoms with Crippen LogP contribution in [0, 0.1) is 0 Å². The summed E-state index contributed by atoms with van der Waals surface area (Å²) in [5.74, 6) is -0.609. The highest BCUT2D eigenvalue weighted by Crippen LogP contribution is 2.19. The van der Waals surface area contributed by atoms with Gasteiger partial charge in [-0.15, -0.1) is 0 Å². The number of urea groups is 1. The van der Waals surface area contributed by atoms with Gasteiger partial charge in [0.1, 0.15) is 0 Å². The average Bonchev–Trinajstić information content (AvgIpc) is 2.33. The second-order valence-electron chi connectivity index (χ2n) is 4.05. The molecule has 20 heavy (non-hydrogen) atoms. The number of anilines is 1. The number of hydrogen-bond donors (Lipinski definition) is 3. The standard InChI is InChI=1S/C12H15ClN2O4S/c1-20(19)4-2-3-14-12(18)15-10-6-8(11(16)17)5-9(13)7-10/h5-7H,2-4H2,1H3,(H,16,17)(H2,14,15,18). The maximum atomic E-state index is 11.6. The minimum atomic E-state index is -1.12. The van der Waals surface area contributed by atoms with Crippen LogP contribution in [0.4, 0.5) is 10.5 Å². The van der Waals surface area contributed by atoms with Gasteiger partial charge in [0, 0.05) is 40.1 Å². The highest BCUT2D eigenvalue weighted by molar-refractivity contribution is 7.84. The third-order valence-electron chi connectivity index (χ3n) is 2.30. The van der Waals surface area contributed by atoms with E-state index in [1.165, 1.54) is 18.2 Å². The summed E-state index contributed by atoms with van der Waals surface area (Å²) in [4.78, 5) is 22.4. The Balaban J connectivity index is 2.53. The molecule has 3 N–H and O–H groups in total. The van der Waals surface area contributed by atoms with Gasteiger partial charge >= 0.3 is 12.0 Å². The molecule has 1 rings (SSSR count). The molecule has 0 radical (unpaired) electrons. The van der Waals surface area contributed by atoms with E-state index in [4.69, 9.17) is 16.7 Å². The molecule has 2 amide bonds. The lowest BCUT2D eigenvalue weighted by atomic mass is 10.2. The number of carboxylic acids is 1. The average molecular weight is 319 g/mol. The number of carboxylic acid groups (broad SMARTS) is 1. The van der Waals surface area contributed by atoms with E-state index in [2.05, 4.69) is 10.6 Å². The van der Waals surface area contributed by atoms with Gasteiger partial charge in [-0.2, -0.15) is 0 Å². The molecule has 0 fully saturated rings. The van der Waals surface area contributed by atoms with Gasteiger partial charge in [-0.25, -0.2) is 9.59 Å². The molecule has 0 aliphatic carbocycles. The van der Waals surface area contributed by atoms with Crippen molar-refractivity contribution in [2.45, 2.75) is 6.42 Å². The van der Waals surface area contributed by atoms with E-state index >= 15 is 0 Å². The van der Waals surface area contributed by atoms with E-state index < -0.39 is 22.8 Å². The van der Waals surface area contributed by atoms with Gasteiger partial charge in [-0.3, -0.25) is 4.21 Å². The predicted molar refractivity (Wildman–Crippen MR) is 79.0 cm³/mol. The van der Waals surface area contributed by atoms with Gasteiger partial charge in [-0.1, -0.05) is 11.6 Å². The van der Waals surface area contributed by atoms with E-state index in [9.17, 15) is 13.8 Å². The van der Waals surface area contributed by atoms with Crippen molar-refractivity contribution in [1.82, 2.24) is 5.32 Å². The quantitative estimate of drug-likeness (QED) is 0.698. The molecule has 6 nitrogen and oxygen atoms in total. The molecule has 0 bridgehead atoms. The van der Waals surface area contributed by atoms with Crippen LogP contribution < -0.4 is 10.6 Å². The monoisotopic (exact) mass is 318 g/mol. The number of halogens is 1. The van der Waals surface area contributed by atoms with Crippen LogP contribution in [0.2, 0.25) is 5.02 Å². The Morgan fingerprint density at radius 3 is 2.65 bits per heavy atom. The number of hydrogen-bond acceptors (Lipinski definition) is 3. The highest BCUT2D eigenvalue weighted by atomic mass is 35.5. The Bertz CT molecular complexity index is 536. The fourth-order valence-electron chi connectivity index (χ4n) is 1.44. The van der Waals surface area contributed by atoms with Gasteiger partial charge < -0.3 is 15.7 Å². The van der Waals surface area contributed by atoms with Crippen LogP contribution in [-0.4, -0.2) is 39.9 Å². The molecule has 1 unspecified atom stereocenters. The molecule has 0 heterocycles. The number of nitrogens with one attached hydrogen (secondary N) is 2. The SMILES string of the molecule is CS(=O)CCCNC(=O)Nc1cc(Cl)cc(C(=O)O)c1. The first-order valence-corrected chi connectivity index (χ1v) is 7.88. The summed E-state index contributed by atoms with van der Waals surface area (Å²) in [7, 11) is -0.884. The lowest BCUT2D eigenvalue weighted by Crippen LogP contribution is -2.30. The van der Waals surface area contributed by atoms with Crippen LogP contribution in [0.1, 0.15) is 16.8 Å². The molecule has 0 aliphatic rings. The molecule has 1 atom stereocenters. The molecule has 0 saturated carbocycles. The van der Waals surface area contributed by atoms with Gasteiger partial charge in [-0.05, 0) is 24.6 Å². The maximum Gasteiger partial charge on any atom is 0.335 e. The third kappa shape index (κ3) is 6.03. The summed E-state index contributed by atoms with van der Waals surface area (Å²) in [5, 5.41) is 14.2. The predicted octanol–water partition coefficient (Wildman–Crippen LogP) is 1.93. The Morgan fingerprint density at radius 1 is 1.35 bits per heavy atom. The first kappa shape index (κ1) is 16.5. The van der Waals surface area contributed by atoms with Gasteiger partial charge in [0.05, 0.1) is 5.56 Å². The second kappa shape index (κ2) is 7.86. The molecular weight excluding hydrogens is 304 g/mol.